The summed E-state index contributed by atoms with van der Waals surface area (Å²) in [7, 11) is 0. The number of aliphatic carboxylic acids is 1. The predicted molar refractivity (Wildman–Crippen MR) is 81.2 cm³/mol. The van der Waals surface area contributed by atoms with E-state index in [0.717, 1.165) is 5.75 Å². The zero-order chi connectivity index (χ0) is 15.2. The normalized spacial score (nSPS) is 21.2. The van der Waals surface area contributed by atoms with E-state index in [2.05, 4.69) is 5.32 Å². The van der Waals surface area contributed by atoms with Gasteiger partial charge in [-0.3, -0.25) is 9.59 Å². The van der Waals surface area contributed by atoms with Crippen molar-refractivity contribution in [3.05, 3.63) is 35.4 Å². The molecule has 1 amide bonds. The molecular weight excluding hydrogens is 290 g/mol. The van der Waals surface area contributed by atoms with E-state index in [1.807, 2.05) is 31.2 Å². The van der Waals surface area contributed by atoms with Gasteiger partial charge >= 0.3 is 5.97 Å². The molecule has 1 saturated heterocycles. The zero-order valence-electron chi connectivity index (χ0n) is 11.9. The molecule has 6 heteroatoms. The van der Waals surface area contributed by atoms with Crippen LogP contribution in [-0.4, -0.2) is 42.0 Å². The van der Waals surface area contributed by atoms with Crippen molar-refractivity contribution in [3.8, 4) is 0 Å². The number of carboxylic acids is 1. The molecule has 0 saturated carbocycles. The lowest BCUT2D eigenvalue weighted by Crippen LogP contribution is -2.43. The van der Waals surface area contributed by atoms with Crippen molar-refractivity contribution < 1.29 is 19.4 Å². The number of benzene rings is 1. The summed E-state index contributed by atoms with van der Waals surface area (Å²) in [6, 6.07) is 7.76. The Balaban J connectivity index is 1.72. The summed E-state index contributed by atoms with van der Waals surface area (Å²) in [5.74, 6) is -0.636. The van der Waals surface area contributed by atoms with Crippen LogP contribution in [0.5, 0.6) is 0 Å². The molecule has 1 aliphatic rings. The lowest BCUT2D eigenvalue weighted by atomic mass is 10.0. The lowest BCUT2D eigenvalue weighted by molar-refractivity contribution is -0.142. The number of rotatable bonds is 6. The van der Waals surface area contributed by atoms with Gasteiger partial charge in [0.05, 0.1) is 25.0 Å². The Morgan fingerprint density at radius 3 is 2.71 bits per heavy atom. The maximum atomic E-state index is 11.8. The van der Waals surface area contributed by atoms with Gasteiger partial charge in [-0.05, 0) is 12.5 Å². The summed E-state index contributed by atoms with van der Waals surface area (Å²) in [6.07, 6.45) is 0. The minimum absolute atomic E-state index is 0.145. The molecule has 1 aromatic rings. The van der Waals surface area contributed by atoms with Crippen LogP contribution in [-0.2, 0) is 20.1 Å². The first-order valence-electron chi connectivity index (χ1n) is 6.79. The van der Waals surface area contributed by atoms with Gasteiger partial charge in [-0.25, -0.2) is 0 Å². The van der Waals surface area contributed by atoms with E-state index in [0.29, 0.717) is 5.75 Å². The highest BCUT2D eigenvalue weighted by Gasteiger charge is 2.34. The first-order chi connectivity index (χ1) is 10.1. The van der Waals surface area contributed by atoms with Crippen molar-refractivity contribution in [2.75, 3.05) is 19.0 Å². The fourth-order valence-electron chi connectivity index (χ4n) is 2.13. The van der Waals surface area contributed by atoms with Crippen LogP contribution in [0.2, 0.25) is 0 Å². The molecule has 1 heterocycles. The van der Waals surface area contributed by atoms with Crippen molar-refractivity contribution in [1.82, 2.24) is 5.32 Å². The van der Waals surface area contributed by atoms with Gasteiger partial charge in [-0.1, -0.05) is 29.8 Å². The van der Waals surface area contributed by atoms with Gasteiger partial charge in [0.1, 0.15) is 5.92 Å². The van der Waals surface area contributed by atoms with Gasteiger partial charge in [0.2, 0.25) is 5.91 Å². The summed E-state index contributed by atoms with van der Waals surface area (Å²) >= 11 is 1.51. The van der Waals surface area contributed by atoms with Crippen LogP contribution >= 0.6 is 11.8 Å². The molecule has 0 bridgehead atoms. The van der Waals surface area contributed by atoms with E-state index in [9.17, 15) is 9.59 Å². The van der Waals surface area contributed by atoms with Gasteiger partial charge in [-0.2, -0.15) is 0 Å². The van der Waals surface area contributed by atoms with E-state index < -0.39 is 17.9 Å². The van der Waals surface area contributed by atoms with Gasteiger partial charge in [0.15, 0.2) is 0 Å². The maximum Gasteiger partial charge on any atom is 0.311 e. The Morgan fingerprint density at radius 1 is 1.33 bits per heavy atom. The van der Waals surface area contributed by atoms with Gasteiger partial charge in [0.25, 0.3) is 0 Å². The number of carboxylic acid groups (broad SMARTS) is 1. The minimum Gasteiger partial charge on any atom is -0.481 e. The fraction of sp³-hybridized carbons (Fsp3) is 0.467. The van der Waals surface area contributed by atoms with Gasteiger partial charge in [0, 0.05) is 5.75 Å². The first kappa shape index (κ1) is 15.9. The van der Waals surface area contributed by atoms with E-state index in [-0.39, 0.29) is 19.1 Å². The number of hydrogen-bond acceptors (Lipinski definition) is 4. The standard InChI is InChI=1S/C15H19NO4S/c1-10-2-4-11(5-3-10)8-21-9-14(17)16-13-7-20-6-12(13)15(18)19/h2-5,12-13H,6-9H2,1H3,(H,16,17)(H,18,19). The molecule has 2 N–H and O–H groups in total. The van der Waals surface area contributed by atoms with Crippen LogP contribution in [0.3, 0.4) is 0 Å². The highest BCUT2D eigenvalue weighted by molar-refractivity contribution is 7.99. The summed E-state index contributed by atoms with van der Waals surface area (Å²) in [5, 5.41) is 11.7. The van der Waals surface area contributed by atoms with Crippen LogP contribution in [0.15, 0.2) is 24.3 Å². The topological polar surface area (TPSA) is 75.6 Å². The van der Waals surface area contributed by atoms with E-state index in [1.165, 1.54) is 22.9 Å². The fourth-order valence-corrected chi connectivity index (χ4v) is 2.93. The molecule has 21 heavy (non-hydrogen) atoms. The quantitative estimate of drug-likeness (QED) is 0.832. The molecule has 2 atom stereocenters. The third-order valence-electron chi connectivity index (χ3n) is 3.37. The van der Waals surface area contributed by atoms with E-state index in [1.54, 1.807) is 0 Å². The lowest BCUT2D eigenvalue weighted by Gasteiger charge is -2.15. The molecule has 5 nitrogen and oxygen atoms in total. The second kappa shape index (κ2) is 7.47. The Hall–Kier alpha value is -1.53. The first-order valence-corrected chi connectivity index (χ1v) is 7.95. The van der Waals surface area contributed by atoms with Crippen molar-refractivity contribution >= 4 is 23.6 Å². The number of nitrogens with one attached hydrogen (secondary N) is 1. The second-order valence-corrected chi connectivity index (χ2v) is 6.12. The van der Waals surface area contributed by atoms with Crippen molar-refractivity contribution in [2.45, 2.75) is 18.7 Å². The maximum absolute atomic E-state index is 11.8. The number of ether oxygens (including phenoxy) is 1. The molecule has 0 radical (unpaired) electrons. The molecule has 2 unspecified atom stereocenters. The molecular formula is C15H19NO4S. The largest absolute Gasteiger partial charge is 0.481 e. The monoisotopic (exact) mass is 309 g/mol. The third kappa shape index (κ3) is 4.75. The van der Waals surface area contributed by atoms with E-state index >= 15 is 0 Å². The summed E-state index contributed by atoms with van der Waals surface area (Å²) < 4.78 is 5.11. The average molecular weight is 309 g/mol. The van der Waals surface area contributed by atoms with Crippen LogP contribution in [0.4, 0.5) is 0 Å². The van der Waals surface area contributed by atoms with Gasteiger partial charge in [-0.15, -0.1) is 11.8 Å². The Labute approximate surface area is 128 Å². The molecule has 0 aliphatic carbocycles. The number of aryl methyl sites for hydroxylation is 1. The number of carbonyl (C=O) groups excluding carboxylic acids is 1. The smallest absolute Gasteiger partial charge is 0.311 e. The molecule has 2 rings (SSSR count). The van der Waals surface area contributed by atoms with Crippen LogP contribution < -0.4 is 5.32 Å². The van der Waals surface area contributed by atoms with Crippen LogP contribution in [0, 0.1) is 12.8 Å². The minimum atomic E-state index is -0.926. The number of carbonyl (C=O) groups is 2. The number of thioether (sulfide) groups is 1. The molecule has 1 aromatic carbocycles. The molecule has 114 valence electrons. The van der Waals surface area contributed by atoms with Crippen molar-refractivity contribution in [2.24, 2.45) is 5.92 Å². The third-order valence-corrected chi connectivity index (χ3v) is 4.37. The SMILES string of the molecule is Cc1ccc(CSCC(=O)NC2COCC2C(=O)O)cc1. The Kier molecular flexibility index (Phi) is 5.64. The highest BCUT2D eigenvalue weighted by Crippen LogP contribution is 2.15. The average Bonchev–Trinajstić information content (AvgIpc) is 2.89. The summed E-state index contributed by atoms with van der Waals surface area (Å²) in [4.78, 5) is 22.8. The van der Waals surface area contributed by atoms with Crippen LogP contribution in [0.1, 0.15) is 11.1 Å². The van der Waals surface area contributed by atoms with Crippen molar-refractivity contribution in [1.29, 1.82) is 0 Å². The second-order valence-electron chi connectivity index (χ2n) is 5.13. The summed E-state index contributed by atoms with van der Waals surface area (Å²) in [6.45, 7) is 2.47. The zero-order valence-corrected chi connectivity index (χ0v) is 12.7. The number of amides is 1. The van der Waals surface area contributed by atoms with Crippen LogP contribution in [0.25, 0.3) is 0 Å². The van der Waals surface area contributed by atoms with E-state index in [4.69, 9.17) is 9.84 Å². The number of hydrogen-bond donors (Lipinski definition) is 2. The Morgan fingerprint density at radius 2 is 2.05 bits per heavy atom. The van der Waals surface area contributed by atoms with Gasteiger partial charge < -0.3 is 15.2 Å². The molecule has 0 spiro atoms. The Bertz CT molecular complexity index is 503. The predicted octanol–water partition coefficient (Wildman–Crippen LogP) is 1.44. The van der Waals surface area contributed by atoms with Crippen molar-refractivity contribution in [3.63, 3.8) is 0 Å². The summed E-state index contributed by atoms with van der Waals surface area (Å²) in [5.41, 5.74) is 2.38. The highest BCUT2D eigenvalue weighted by atomic mass is 32.2. The molecule has 0 aromatic heterocycles. The molecule has 1 aliphatic heterocycles. The molecule has 1 fully saturated rings.